The van der Waals surface area contributed by atoms with Crippen molar-refractivity contribution in [3.63, 3.8) is 0 Å². The van der Waals surface area contributed by atoms with E-state index in [1.165, 1.54) is 12.4 Å². The van der Waals surface area contributed by atoms with E-state index in [9.17, 15) is 4.79 Å². The van der Waals surface area contributed by atoms with Gasteiger partial charge in [0.15, 0.2) is 11.5 Å². The van der Waals surface area contributed by atoms with Crippen LogP contribution in [0.3, 0.4) is 0 Å². The van der Waals surface area contributed by atoms with Crippen molar-refractivity contribution in [3.05, 3.63) is 43.2 Å². The molecule has 0 spiro atoms. The van der Waals surface area contributed by atoms with Crippen LogP contribution in [0, 0.1) is 0 Å². The highest BCUT2D eigenvalue weighted by Gasteiger charge is 2.35. The molecule has 1 amide bonds. The number of ether oxygens (including phenoxy) is 4. The van der Waals surface area contributed by atoms with E-state index < -0.39 is 7.92 Å². The van der Waals surface area contributed by atoms with Crippen LogP contribution in [0.15, 0.2) is 43.2 Å². The van der Waals surface area contributed by atoms with Crippen LogP contribution in [0.2, 0.25) is 0 Å². The fraction of sp³-hybridized carbons (Fsp3) is 0.455. The van der Waals surface area contributed by atoms with E-state index in [2.05, 4.69) is 60.6 Å². The summed E-state index contributed by atoms with van der Waals surface area (Å²) in [6.07, 6.45) is 5.11. The lowest BCUT2D eigenvalue weighted by atomic mass is 9.98. The largest absolute Gasteiger partial charge is 0.494 e. The maximum Gasteiger partial charge on any atom is 0.247 e. The number of likely N-dealkylation sites (tertiary alicyclic amines) is 1. The van der Waals surface area contributed by atoms with Crippen molar-refractivity contribution in [2.24, 2.45) is 0 Å². The molecule has 13 nitrogen and oxygen atoms in total. The van der Waals surface area contributed by atoms with Crippen molar-refractivity contribution >= 4 is 53.8 Å². The first-order chi connectivity index (χ1) is 22.9. The van der Waals surface area contributed by atoms with Crippen LogP contribution in [0.25, 0.3) is 0 Å². The molecule has 0 unspecified atom stereocenters. The Hall–Kier alpha value is -4.19. The summed E-state index contributed by atoms with van der Waals surface area (Å²) in [5.74, 6) is 2.48. The van der Waals surface area contributed by atoms with Gasteiger partial charge in [-0.15, -0.1) is 0 Å². The number of amides is 1. The Kier molecular flexibility index (Phi) is 10.2. The topological polar surface area (TPSA) is 135 Å². The lowest BCUT2D eigenvalue weighted by molar-refractivity contribution is -0.111. The first kappa shape index (κ1) is 32.7. The molecule has 2 aromatic carbocycles. The summed E-state index contributed by atoms with van der Waals surface area (Å²) in [4.78, 5) is 30.7. The van der Waals surface area contributed by atoms with E-state index in [-0.39, 0.29) is 5.91 Å². The molecule has 4 heterocycles. The Morgan fingerprint density at radius 3 is 2.47 bits per heavy atom. The second-order valence-electron chi connectivity index (χ2n) is 11.8. The molecule has 3 N–H and O–H groups in total. The molecule has 250 valence electrons. The van der Waals surface area contributed by atoms with Crippen LogP contribution >= 0.6 is 7.92 Å². The lowest BCUT2D eigenvalue weighted by Crippen LogP contribution is -2.58. The maximum atomic E-state index is 12.5. The Morgan fingerprint density at radius 2 is 1.79 bits per heavy atom. The van der Waals surface area contributed by atoms with Crippen molar-refractivity contribution in [1.82, 2.24) is 19.9 Å². The summed E-state index contributed by atoms with van der Waals surface area (Å²) in [7, 11) is 1.09. The van der Waals surface area contributed by atoms with Gasteiger partial charge in [0.05, 0.1) is 36.0 Å². The van der Waals surface area contributed by atoms with Crippen molar-refractivity contribution in [2.75, 3.05) is 87.3 Å². The molecule has 2 fully saturated rings. The number of hydrogen-bond donors (Lipinski definition) is 3. The minimum absolute atomic E-state index is 0.298. The molecule has 14 heteroatoms. The smallest absolute Gasteiger partial charge is 0.247 e. The Labute approximate surface area is 276 Å². The average molecular weight is 663 g/mol. The standard InChI is InChI=1S/C33H43N8O5P/c1-6-29(42)36-24-16-25(28(43-3)17-26(24)40-12-10-21(11-13-40)41-18-22(19-41)44-7-2)38-33-35-20-34-32(39-33)37-23-8-9-27-30(31(23)47(4)5)46-15-14-45-27/h6,8-9,16-17,20-22H,1,7,10-15,18-19H2,2-5H3,(H,36,42)(H2,34,35,37,38,39). The number of nitrogens with zero attached hydrogens (tertiary/aromatic N) is 5. The zero-order valence-corrected chi connectivity index (χ0v) is 28.3. The number of piperidine rings is 1. The highest BCUT2D eigenvalue weighted by Crippen LogP contribution is 2.42. The highest BCUT2D eigenvalue weighted by molar-refractivity contribution is 7.64. The number of anilines is 6. The summed E-state index contributed by atoms with van der Waals surface area (Å²) < 4.78 is 23.4. The number of carbonyl (C=O) groups excluding carboxylic acids is 1. The van der Waals surface area contributed by atoms with E-state index in [4.69, 9.17) is 18.9 Å². The van der Waals surface area contributed by atoms with E-state index in [1.54, 1.807) is 7.11 Å². The van der Waals surface area contributed by atoms with E-state index in [1.807, 2.05) is 31.2 Å². The van der Waals surface area contributed by atoms with Crippen LogP contribution in [-0.4, -0.2) is 104 Å². The summed E-state index contributed by atoms with van der Waals surface area (Å²) in [6.45, 7) is 15.5. The molecule has 47 heavy (non-hydrogen) atoms. The average Bonchev–Trinajstić information content (AvgIpc) is 3.06. The van der Waals surface area contributed by atoms with E-state index >= 15 is 0 Å². The van der Waals surface area contributed by atoms with Gasteiger partial charge in [0.2, 0.25) is 17.8 Å². The number of rotatable bonds is 12. The van der Waals surface area contributed by atoms with Crippen molar-refractivity contribution in [3.8, 4) is 17.2 Å². The lowest BCUT2D eigenvalue weighted by Gasteiger charge is -2.47. The van der Waals surface area contributed by atoms with E-state index in [0.717, 1.165) is 73.8 Å². The Morgan fingerprint density at radius 1 is 1.06 bits per heavy atom. The SMILES string of the molecule is C=CC(=O)Nc1cc(Nc2ncnc(Nc3ccc4c(c3P(C)C)OCCO4)n2)c(OC)cc1N1CCC(N2CC(OCC)C2)CC1. The molecular formula is C33H43N8O5P. The van der Waals surface area contributed by atoms with Crippen LogP contribution in [0.1, 0.15) is 19.8 Å². The number of carbonyl (C=O) groups is 1. The third-order valence-electron chi connectivity index (χ3n) is 8.56. The second kappa shape index (κ2) is 14.7. The second-order valence-corrected chi connectivity index (χ2v) is 14.0. The first-order valence-corrected chi connectivity index (χ1v) is 18.2. The van der Waals surface area contributed by atoms with Gasteiger partial charge < -0.3 is 39.8 Å². The molecule has 0 saturated carbocycles. The monoisotopic (exact) mass is 662 g/mol. The summed E-state index contributed by atoms with van der Waals surface area (Å²) in [5.41, 5.74) is 2.97. The number of nitrogens with one attached hydrogen (secondary N) is 3. The number of fused-ring (bicyclic) bond motifs is 1. The van der Waals surface area contributed by atoms with Crippen molar-refractivity contribution in [1.29, 1.82) is 0 Å². The van der Waals surface area contributed by atoms with Crippen LogP contribution < -0.4 is 40.4 Å². The predicted molar refractivity (Wildman–Crippen MR) is 186 cm³/mol. The number of aromatic nitrogens is 3. The fourth-order valence-corrected chi connectivity index (χ4v) is 7.46. The minimum atomic E-state index is -0.534. The van der Waals surface area contributed by atoms with Crippen LogP contribution in [0.5, 0.6) is 17.2 Å². The quantitative estimate of drug-likeness (QED) is 0.188. The summed E-state index contributed by atoms with van der Waals surface area (Å²) >= 11 is 0. The third-order valence-corrected chi connectivity index (χ3v) is 9.89. The summed E-state index contributed by atoms with van der Waals surface area (Å²) in [6, 6.07) is 8.19. The third kappa shape index (κ3) is 7.37. The van der Waals surface area contributed by atoms with Gasteiger partial charge in [0, 0.05) is 50.2 Å². The zero-order valence-electron chi connectivity index (χ0n) is 27.4. The van der Waals surface area contributed by atoms with Crippen molar-refractivity contribution < 1.29 is 23.7 Å². The molecule has 2 saturated heterocycles. The normalized spacial score (nSPS) is 16.8. The van der Waals surface area contributed by atoms with Crippen molar-refractivity contribution in [2.45, 2.75) is 31.9 Å². The fourth-order valence-electron chi connectivity index (χ4n) is 6.27. The predicted octanol–water partition coefficient (Wildman–Crippen LogP) is 4.32. The van der Waals surface area contributed by atoms with Gasteiger partial charge in [-0.3, -0.25) is 9.69 Å². The maximum absolute atomic E-state index is 12.5. The molecule has 0 aliphatic carbocycles. The van der Waals surface area contributed by atoms with Gasteiger partial charge in [0.1, 0.15) is 25.3 Å². The van der Waals surface area contributed by atoms with Gasteiger partial charge >= 0.3 is 0 Å². The molecule has 0 bridgehead atoms. The molecular weight excluding hydrogens is 619 g/mol. The molecule has 3 aliphatic heterocycles. The van der Waals surface area contributed by atoms with Gasteiger partial charge in [0.25, 0.3) is 0 Å². The summed E-state index contributed by atoms with van der Waals surface area (Å²) in [5, 5.41) is 10.7. The number of methoxy groups -OCH3 is 1. The molecule has 6 rings (SSSR count). The van der Waals surface area contributed by atoms with Crippen LogP contribution in [-0.2, 0) is 9.53 Å². The van der Waals surface area contributed by atoms with Gasteiger partial charge in [-0.05, 0) is 57.4 Å². The molecule has 3 aromatic rings. The van der Waals surface area contributed by atoms with Crippen LogP contribution in [0.4, 0.5) is 34.6 Å². The Balaban J connectivity index is 1.21. The number of benzene rings is 2. The number of hydrogen-bond acceptors (Lipinski definition) is 12. The zero-order chi connectivity index (χ0) is 32.9. The molecule has 0 radical (unpaired) electrons. The van der Waals surface area contributed by atoms with Gasteiger partial charge in [-0.25, -0.2) is 9.97 Å². The Bertz CT molecular complexity index is 1590. The van der Waals surface area contributed by atoms with Gasteiger partial charge in [-0.1, -0.05) is 14.5 Å². The molecule has 0 atom stereocenters. The van der Waals surface area contributed by atoms with E-state index in [0.29, 0.717) is 54.4 Å². The molecule has 3 aliphatic rings. The molecule has 1 aromatic heterocycles. The minimum Gasteiger partial charge on any atom is -0.494 e. The highest BCUT2D eigenvalue weighted by atomic mass is 31.1. The van der Waals surface area contributed by atoms with Gasteiger partial charge in [-0.2, -0.15) is 4.98 Å². The first-order valence-electron chi connectivity index (χ1n) is 16.0.